The molecule has 0 amide bonds. The van der Waals surface area contributed by atoms with Crippen LogP contribution in [0.1, 0.15) is 25.7 Å². The number of fused-ring (bicyclic) bond motifs is 2. The maximum absolute atomic E-state index is 9.87. The maximum atomic E-state index is 9.87. The minimum Gasteiger partial charge on any atom is -0.393 e. The fourth-order valence-corrected chi connectivity index (χ4v) is 7.39. The Morgan fingerprint density at radius 3 is 1.68 bits per heavy atom. The zero-order chi connectivity index (χ0) is 39.0. The number of anilines is 2. The van der Waals surface area contributed by atoms with E-state index >= 15 is 0 Å². The molecule has 2 aliphatic rings. The molecule has 57 heavy (non-hydrogen) atoms. The van der Waals surface area contributed by atoms with Crippen molar-refractivity contribution in [3.63, 3.8) is 0 Å². The molecule has 2 saturated heterocycles. The van der Waals surface area contributed by atoms with Crippen LogP contribution < -0.4 is 9.80 Å². The molecule has 2 fully saturated rings. The van der Waals surface area contributed by atoms with Crippen LogP contribution in [0, 0.1) is 0 Å². The molecule has 0 aliphatic carbocycles. The monoisotopic (exact) mass is 776 g/mol. The average molecular weight is 777 g/mol. The molecule has 3 N–H and O–H groups in total. The van der Waals surface area contributed by atoms with Crippen molar-refractivity contribution in [3.05, 3.63) is 151 Å². The fraction of sp³-hybridized carbons (Fsp3) is 0.217. The predicted molar refractivity (Wildman–Crippen MR) is 230 cm³/mol. The summed E-state index contributed by atoms with van der Waals surface area (Å²) in [4.78, 5) is 25.9. The smallest absolute Gasteiger partial charge is 0.236 e. The zero-order valence-electron chi connectivity index (χ0n) is 31.6. The van der Waals surface area contributed by atoms with Crippen molar-refractivity contribution >= 4 is 45.0 Å². The van der Waals surface area contributed by atoms with Gasteiger partial charge in [0.05, 0.1) is 29.1 Å². The second-order valence-corrected chi connectivity index (χ2v) is 14.6. The van der Waals surface area contributed by atoms with E-state index in [1.807, 2.05) is 95.8 Å². The van der Waals surface area contributed by atoms with E-state index in [4.69, 9.17) is 21.6 Å². The number of para-hydroxylation sites is 2. The van der Waals surface area contributed by atoms with Crippen LogP contribution >= 0.6 is 11.6 Å². The van der Waals surface area contributed by atoms with Gasteiger partial charge in [-0.15, -0.1) is 0 Å². The molecule has 6 heterocycles. The average Bonchev–Trinajstić information content (AvgIpc) is 3.93. The number of H-pyrrole nitrogens is 1. The second-order valence-electron chi connectivity index (χ2n) is 14.3. The Bertz CT molecular complexity index is 2480. The number of aliphatic hydroxyl groups excluding tert-OH is 2. The van der Waals surface area contributed by atoms with Gasteiger partial charge in [0.2, 0.25) is 11.2 Å². The Morgan fingerprint density at radius 2 is 1.07 bits per heavy atom. The molecule has 10 rings (SSSR count). The van der Waals surface area contributed by atoms with E-state index in [1.54, 1.807) is 0 Å². The normalized spacial score (nSPS) is 14.9. The van der Waals surface area contributed by atoms with Gasteiger partial charge >= 0.3 is 0 Å². The molecule has 288 valence electrons. The number of piperidine rings is 2. The SMILES string of the molecule is OC1CCN(c2cc(-c3ccccc3)nc(-n3ccc4ccccc43)n2)CC1.OC1CCN(c2cc(-c3ccccc3)nc(Cl)n2)CC1.c1ccc2[nH]ccc2c1. The minimum atomic E-state index is -0.209. The Morgan fingerprint density at radius 1 is 0.544 bits per heavy atom. The topological polar surface area (TPSA) is 119 Å². The lowest BCUT2D eigenvalue weighted by molar-refractivity contribution is 0.145. The van der Waals surface area contributed by atoms with E-state index in [1.165, 1.54) is 16.3 Å². The van der Waals surface area contributed by atoms with Gasteiger partial charge in [-0.3, -0.25) is 4.57 Å². The van der Waals surface area contributed by atoms with Crippen molar-refractivity contribution in [2.45, 2.75) is 37.9 Å². The number of nitrogens with one attached hydrogen (secondary N) is 1. The third kappa shape index (κ3) is 9.32. The summed E-state index contributed by atoms with van der Waals surface area (Å²) in [7, 11) is 0. The van der Waals surface area contributed by atoms with E-state index in [9.17, 15) is 10.2 Å². The number of aliphatic hydroxyl groups is 2. The molecule has 0 spiro atoms. The van der Waals surface area contributed by atoms with E-state index in [2.05, 4.69) is 79.3 Å². The van der Waals surface area contributed by atoms with Crippen molar-refractivity contribution in [2.24, 2.45) is 0 Å². The van der Waals surface area contributed by atoms with E-state index in [-0.39, 0.29) is 17.5 Å². The number of aromatic nitrogens is 6. The Labute approximate surface area is 337 Å². The van der Waals surface area contributed by atoms with Crippen LogP contribution in [0.15, 0.2) is 146 Å². The van der Waals surface area contributed by atoms with Crippen LogP contribution in [0.4, 0.5) is 11.6 Å². The molecule has 0 saturated carbocycles. The van der Waals surface area contributed by atoms with Gasteiger partial charge in [-0.25, -0.2) is 15.0 Å². The lowest BCUT2D eigenvalue weighted by atomic mass is 10.1. The fourth-order valence-electron chi connectivity index (χ4n) is 7.22. The van der Waals surface area contributed by atoms with Gasteiger partial charge < -0.3 is 25.0 Å². The van der Waals surface area contributed by atoms with Crippen LogP contribution in [-0.2, 0) is 0 Å². The first-order valence-electron chi connectivity index (χ1n) is 19.5. The summed E-state index contributed by atoms with van der Waals surface area (Å²) in [5.74, 6) is 2.41. The van der Waals surface area contributed by atoms with E-state index in [0.717, 1.165) is 91.5 Å². The molecule has 10 nitrogen and oxygen atoms in total. The third-order valence-electron chi connectivity index (χ3n) is 10.4. The summed E-state index contributed by atoms with van der Waals surface area (Å²) < 4.78 is 2.05. The molecule has 0 bridgehead atoms. The summed E-state index contributed by atoms with van der Waals surface area (Å²) in [5.41, 5.74) is 6.12. The molecule has 4 aromatic carbocycles. The second kappa shape index (κ2) is 17.8. The van der Waals surface area contributed by atoms with Crippen LogP contribution in [0.5, 0.6) is 0 Å². The number of aromatic amines is 1. The van der Waals surface area contributed by atoms with E-state index in [0.29, 0.717) is 5.95 Å². The van der Waals surface area contributed by atoms with Crippen molar-refractivity contribution in [2.75, 3.05) is 36.0 Å². The molecule has 0 unspecified atom stereocenters. The number of hydrogen-bond donors (Lipinski definition) is 3. The minimum absolute atomic E-state index is 0.197. The van der Waals surface area contributed by atoms with Gasteiger partial charge in [-0.05, 0) is 66.9 Å². The number of nitrogens with zero attached hydrogens (tertiary/aromatic N) is 7. The highest BCUT2D eigenvalue weighted by molar-refractivity contribution is 6.28. The van der Waals surface area contributed by atoms with Crippen LogP contribution in [0.3, 0.4) is 0 Å². The molecule has 11 heteroatoms. The zero-order valence-corrected chi connectivity index (χ0v) is 32.3. The summed E-state index contributed by atoms with van der Waals surface area (Å²) in [6.45, 7) is 3.20. The lowest BCUT2D eigenvalue weighted by Crippen LogP contribution is -2.36. The number of halogens is 1. The highest BCUT2D eigenvalue weighted by Crippen LogP contribution is 2.28. The van der Waals surface area contributed by atoms with Crippen molar-refractivity contribution in [1.82, 2.24) is 29.5 Å². The molecule has 2 aliphatic heterocycles. The molecule has 0 radical (unpaired) electrons. The molecule has 8 aromatic rings. The molecular formula is C46H45ClN8O2. The van der Waals surface area contributed by atoms with Crippen molar-refractivity contribution < 1.29 is 10.2 Å². The summed E-state index contributed by atoms with van der Waals surface area (Å²) in [5, 5.41) is 22.1. The summed E-state index contributed by atoms with van der Waals surface area (Å²) >= 11 is 6.05. The van der Waals surface area contributed by atoms with Gasteiger partial charge in [-0.2, -0.15) is 4.98 Å². The number of hydrogen-bond acceptors (Lipinski definition) is 8. The van der Waals surface area contributed by atoms with Crippen molar-refractivity contribution in [1.29, 1.82) is 0 Å². The number of rotatable bonds is 5. The van der Waals surface area contributed by atoms with Crippen LogP contribution in [0.2, 0.25) is 5.28 Å². The van der Waals surface area contributed by atoms with Gasteiger partial charge in [0.25, 0.3) is 0 Å². The number of benzene rings is 4. The summed E-state index contributed by atoms with van der Waals surface area (Å²) in [6, 6.07) is 44.8. The Balaban J connectivity index is 0.000000136. The molecular weight excluding hydrogens is 732 g/mol. The van der Waals surface area contributed by atoms with Gasteiger partial charge in [-0.1, -0.05) is 97.1 Å². The standard InChI is InChI=1S/C23H22N4O.C15H16ClN3O.C8H7N/c28-19-11-13-26(14-12-19)22-16-20(17-6-2-1-3-7-17)24-23(25-22)27-15-10-18-8-4-5-9-21(18)27;16-15-17-13(11-4-2-1-3-5-11)10-14(18-15)19-8-6-12(20)7-9-19;1-2-4-8-7(3-1)5-6-9-8/h1-10,15-16,19,28H,11-14H2;1-5,10,12,20H,6-9H2;1-6,9H. The van der Waals surface area contributed by atoms with Crippen LogP contribution in [-0.4, -0.2) is 78.1 Å². The lowest BCUT2D eigenvalue weighted by Gasteiger charge is -2.30. The Kier molecular flexibility index (Phi) is 11.8. The predicted octanol–water partition coefficient (Wildman–Crippen LogP) is 8.97. The van der Waals surface area contributed by atoms with Crippen molar-refractivity contribution in [3.8, 4) is 28.5 Å². The highest BCUT2D eigenvalue weighted by atomic mass is 35.5. The highest BCUT2D eigenvalue weighted by Gasteiger charge is 2.21. The largest absolute Gasteiger partial charge is 0.393 e. The van der Waals surface area contributed by atoms with Crippen LogP contribution in [0.25, 0.3) is 50.3 Å². The molecule has 0 atom stereocenters. The van der Waals surface area contributed by atoms with Gasteiger partial charge in [0.1, 0.15) is 11.6 Å². The Hall–Kier alpha value is -6.07. The van der Waals surface area contributed by atoms with E-state index < -0.39 is 0 Å². The first-order chi connectivity index (χ1) is 28.0. The first kappa shape index (κ1) is 37.8. The van der Waals surface area contributed by atoms with Gasteiger partial charge in [0.15, 0.2) is 0 Å². The quantitative estimate of drug-likeness (QED) is 0.148. The third-order valence-corrected chi connectivity index (χ3v) is 10.5. The first-order valence-corrected chi connectivity index (χ1v) is 19.8. The summed E-state index contributed by atoms with van der Waals surface area (Å²) in [6.07, 6.45) is 6.64. The van der Waals surface area contributed by atoms with Gasteiger partial charge in [0, 0.05) is 72.7 Å². The maximum Gasteiger partial charge on any atom is 0.236 e. The molecule has 4 aromatic heterocycles.